The number of halogens is 1. The highest BCUT2D eigenvalue weighted by molar-refractivity contribution is 6.30. The minimum atomic E-state index is -1.16. The van der Waals surface area contributed by atoms with E-state index >= 15 is 0 Å². The molecule has 7 nitrogen and oxygen atoms in total. The molecule has 4 fully saturated rings. The Bertz CT molecular complexity index is 1600. The van der Waals surface area contributed by atoms with Crippen LogP contribution in [-0.4, -0.2) is 58.6 Å². The van der Waals surface area contributed by atoms with Gasteiger partial charge in [-0.15, -0.1) is 0 Å². The molecule has 0 aromatic heterocycles. The van der Waals surface area contributed by atoms with E-state index in [1.807, 2.05) is 24.3 Å². The van der Waals surface area contributed by atoms with Crippen molar-refractivity contribution in [2.45, 2.75) is 138 Å². The average molecular weight is 738 g/mol. The molecule has 1 aromatic rings. The predicted octanol–water partition coefficient (Wildman–Crippen LogP) is 9.14. The summed E-state index contributed by atoms with van der Waals surface area (Å²) in [6.07, 6.45) is 7.40. The van der Waals surface area contributed by atoms with E-state index in [0.29, 0.717) is 42.3 Å². The first-order chi connectivity index (χ1) is 24.2. The molecule has 5 aliphatic carbocycles. The Balaban J connectivity index is 1.24. The Kier molecular flexibility index (Phi) is 10.5. The van der Waals surface area contributed by atoms with Gasteiger partial charge in [-0.2, -0.15) is 0 Å². The maximum atomic E-state index is 14.0. The molecule has 8 heteroatoms. The van der Waals surface area contributed by atoms with E-state index in [2.05, 4.69) is 53.5 Å². The number of likely N-dealkylation sites (N-methyl/N-ethyl adjacent to an activating group) is 1. The number of rotatable bonds is 10. The molecule has 0 bridgehead atoms. The van der Waals surface area contributed by atoms with Crippen molar-refractivity contribution in [3.05, 3.63) is 46.0 Å². The third-order valence-corrected chi connectivity index (χ3v) is 15.8. The molecule has 2 N–H and O–H groups in total. The van der Waals surface area contributed by atoms with E-state index < -0.39 is 28.9 Å². The van der Waals surface area contributed by atoms with Crippen LogP contribution in [0.1, 0.15) is 125 Å². The van der Waals surface area contributed by atoms with E-state index in [4.69, 9.17) is 16.3 Å². The van der Waals surface area contributed by atoms with Crippen molar-refractivity contribution in [1.29, 1.82) is 0 Å². The lowest BCUT2D eigenvalue weighted by Gasteiger charge is -2.68. The molecule has 9 atom stereocenters. The molecule has 4 saturated carbocycles. The molecule has 0 radical (unpaired) electrons. The molecular weight excluding hydrogens is 674 g/mol. The van der Waals surface area contributed by atoms with E-state index in [9.17, 15) is 24.6 Å². The summed E-state index contributed by atoms with van der Waals surface area (Å²) < 4.78 is 6.15. The van der Waals surface area contributed by atoms with Gasteiger partial charge in [0, 0.05) is 35.4 Å². The van der Waals surface area contributed by atoms with Gasteiger partial charge < -0.3 is 14.9 Å². The van der Waals surface area contributed by atoms with Gasteiger partial charge in [-0.05, 0) is 136 Å². The number of aliphatic hydroxyl groups excluding tert-OH is 1. The largest absolute Gasteiger partial charge is 0.481 e. The summed E-state index contributed by atoms with van der Waals surface area (Å²) in [6, 6.07) is 7.89. The van der Waals surface area contributed by atoms with Crippen molar-refractivity contribution in [2.75, 3.05) is 13.6 Å². The van der Waals surface area contributed by atoms with Crippen LogP contribution in [0.5, 0.6) is 0 Å². The van der Waals surface area contributed by atoms with Crippen molar-refractivity contribution < 1.29 is 29.3 Å². The second kappa shape index (κ2) is 13.8. The molecule has 288 valence electrons. The van der Waals surface area contributed by atoms with Crippen molar-refractivity contribution in [1.82, 2.24) is 4.90 Å². The second-order valence-corrected chi connectivity index (χ2v) is 20.2. The fourth-order valence-electron chi connectivity index (χ4n) is 12.8. The first-order valence-electron chi connectivity index (χ1n) is 20.0. The number of Topliss-reactive ketones (excluding diaryl/α,β-unsaturated/α-hetero) is 1. The maximum Gasteiger partial charge on any atom is 0.309 e. The second-order valence-electron chi connectivity index (χ2n) is 19.8. The van der Waals surface area contributed by atoms with Crippen LogP contribution in [0.4, 0.5) is 0 Å². The molecule has 6 rings (SSSR count). The fraction of sp³-hybridized carbons (Fsp3) is 0.750. The van der Waals surface area contributed by atoms with Gasteiger partial charge >= 0.3 is 11.9 Å². The third kappa shape index (κ3) is 6.51. The fourth-order valence-corrected chi connectivity index (χ4v) is 13.0. The Hall–Kier alpha value is -2.22. The standard InChI is InChI=1S/C44H64ClNO6/c1-26(2)37-32(47)22-44(34(48)25-46(9)24-27-10-12-28(45)13-11-27)21-20-42(7)29-16-17-33-41(5,6)35(52-36(49)23-40(3,4)39(50)51)18-19-43(33,8)30(29)14-15-31(42)38(37)44/h10-13,26,29-31,33-35,48H,14-25H2,1-9H3,(H,50,51)/t29-,30+,31-,33+,34+,35+,42+,43-,44+/m1/s1. The lowest BCUT2D eigenvalue weighted by molar-refractivity contribution is -0.205. The maximum absolute atomic E-state index is 14.0. The molecule has 0 unspecified atom stereocenters. The third-order valence-electron chi connectivity index (χ3n) is 15.5. The zero-order valence-electron chi connectivity index (χ0n) is 33.2. The number of allylic oxidation sites excluding steroid dienone is 1. The van der Waals surface area contributed by atoms with Crippen molar-refractivity contribution in [3.8, 4) is 0 Å². The Labute approximate surface area is 317 Å². The molecule has 0 spiro atoms. The molecule has 0 amide bonds. The number of benzene rings is 1. The molecule has 5 aliphatic rings. The number of aliphatic hydroxyl groups is 1. The van der Waals surface area contributed by atoms with Crippen LogP contribution in [0.25, 0.3) is 0 Å². The van der Waals surface area contributed by atoms with Crippen LogP contribution >= 0.6 is 11.6 Å². The quantitative estimate of drug-likeness (QED) is 0.231. The van der Waals surface area contributed by atoms with Crippen LogP contribution in [0.15, 0.2) is 35.4 Å². The summed E-state index contributed by atoms with van der Waals surface area (Å²) in [4.78, 5) is 41.0. The summed E-state index contributed by atoms with van der Waals surface area (Å²) in [5, 5.41) is 22.6. The normalized spacial score (nSPS) is 36.2. The molecule has 52 heavy (non-hydrogen) atoms. The number of fused-ring (bicyclic) bond motifs is 7. The smallest absolute Gasteiger partial charge is 0.309 e. The topological polar surface area (TPSA) is 104 Å². The number of hydrogen-bond acceptors (Lipinski definition) is 6. The van der Waals surface area contributed by atoms with E-state index in [1.54, 1.807) is 13.8 Å². The van der Waals surface area contributed by atoms with E-state index in [0.717, 1.165) is 62.5 Å². The first kappa shape index (κ1) is 39.5. The van der Waals surface area contributed by atoms with Gasteiger partial charge in [0.1, 0.15) is 6.10 Å². The number of esters is 1. The number of nitrogens with zero attached hydrogens (tertiary/aromatic N) is 1. The van der Waals surface area contributed by atoms with Crippen molar-refractivity contribution in [2.24, 2.45) is 56.7 Å². The summed E-state index contributed by atoms with van der Waals surface area (Å²) in [5.74, 6) is 0.696. The number of carbonyl (C=O) groups excluding carboxylic acids is 2. The van der Waals surface area contributed by atoms with Gasteiger partial charge in [-0.25, -0.2) is 0 Å². The molecule has 1 aromatic carbocycles. The van der Waals surface area contributed by atoms with Gasteiger partial charge in [-0.1, -0.05) is 70.8 Å². The summed E-state index contributed by atoms with van der Waals surface area (Å²) in [7, 11) is 2.06. The summed E-state index contributed by atoms with van der Waals surface area (Å²) >= 11 is 6.14. The summed E-state index contributed by atoms with van der Waals surface area (Å²) in [6.45, 7) is 18.3. The van der Waals surface area contributed by atoms with Gasteiger partial charge in [-0.3, -0.25) is 19.3 Å². The minimum absolute atomic E-state index is 0.0469. The Morgan fingerprint density at radius 3 is 2.23 bits per heavy atom. The number of carbonyl (C=O) groups is 3. The van der Waals surface area contributed by atoms with Crippen LogP contribution in [-0.2, 0) is 25.7 Å². The number of hydrogen-bond donors (Lipinski definition) is 2. The first-order valence-corrected chi connectivity index (χ1v) is 20.4. The highest BCUT2D eigenvalue weighted by atomic mass is 35.5. The number of carboxylic acid groups (broad SMARTS) is 1. The van der Waals surface area contributed by atoms with Crippen LogP contribution in [0.2, 0.25) is 5.02 Å². The molecule has 0 heterocycles. The van der Waals surface area contributed by atoms with Gasteiger partial charge in [0.2, 0.25) is 0 Å². The SMILES string of the molecule is CC(C)C1=C2[C@H]3CC[C@H]4[C@@H](CC[C@H]5C(C)(C)[C@@H](OC(=O)CC(C)(C)C(=O)O)CC[C@]45C)[C@]3(C)CC[C@@]2([C@@H](O)CN(C)Cc2ccc(Cl)cc2)CC1=O. The molecule has 0 aliphatic heterocycles. The van der Waals surface area contributed by atoms with Crippen LogP contribution in [0, 0.1) is 56.7 Å². The van der Waals surface area contributed by atoms with Gasteiger partial charge in [0.15, 0.2) is 5.78 Å². The number of ether oxygens (including phenoxy) is 1. The van der Waals surface area contributed by atoms with Crippen LogP contribution in [0.3, 0.4) is 0 Å². The van der Waals surface area contributed by atoms with Crippen molar-refractivity contribution >= 4 is 29.3 Å². The molecule has 0 saturated heterocycles. The zero-order valence-corrected chi connectivity index (χ0v) is 33.9. The van der Waals surface area contributed by atoms with Crippen molar-refractivity contribution in [3.63, 3.8) is 0 Å². The Morgan fingerprint density at radius 2 is 1.60 bits per heavy atom. The predicted molar refractivity (Wildman–Crippen MR) is 205 cm³/mol. The number of ketones is 1. The highest BCUT2D eigenvalue weighted by Crippen LogP contribution is 2.73. The Morgan fingerprint density at radius 1 is 0.962 bits per heavy atom. The number of carboxylic acids is 1. The van der Waals surface area contributed by atoms with E-state index in [-0.39, 0.29) is 46.4 Å². The van der Waals surface area contributed by atoms with Crippen LogP contribution < -0.4 is 0 Å². The number of aliphatic carboxylic acids is 1. The minimum Gasteiger partial charge on any atom is -0.481 e. The van der Waals surface area contributed by atoms with Gasteiger partial charge in [0.25, 0.3) is 0 Å². The summed E-state index contributed by atoms with van der Waals surface area (Å²) in [5.41, 5.74) is 1.70. The lowest BCUT2D eigenvalue weighted by Crippen LogP contribution is -2.62. The monoisotopic (exact) mass is 737 g/mol. The van der Waals surface area contributed by atoms with Gasteiger partial charge in [0.05, 0.1) is 17.9 Å². The average Bonchev–Trinajstić information content (AvgIpc) is 3.36. The highest BCUT2D eigenvalue weighted by Gasteiger charge is 2.67. The zero-order chi connectivity index (χ0) is 38.2. The van der Waals surface area contributed by atoms with E-state index in [1.165, 1.54) is 5.57 Å². The lowest BCUT2D eigenvalue weighted by atomic mass is 9.37. The molecular formula is C44H64ClNO6.